The van der Waals surface area contributed by atoms with E-state index in [1.807, 2.05) is 35.6 Å². The Balaban J connectivity index is 2.90. The van der Waals surface area contributed by atoms with E-state index in [1.54, 1.807) is 0 Å². The highest BCUT2D eigenvalue weighted by molar-refractivity contribution is 7.39. The van der Waals surface area contributed by atoms with Gasteiger partial charge in [0.15, 0.2) is 0 Å². The topological polar surface area (TPSA) is 3.24 Å². The predicted octanol–water partition coefficient (Wildman–Crippen LogP) is 2.44. The van der Waals surface area contributed by atoms with Gasteiger partial charge in [-0.3, -0.25) is 0 Å². The standard InChI is InChI=1S/C9H11NP2/c1-2-3-8-4-6-9(7-5-8)10(11)12/h4-7H,11-12H2,1H3. The molecule has 0 aliphatic rings. The summed E-state index contributed by atoms with van der Waals surface area (Å²) >= 11 is 0. The maximum absolute atomic E-state index is 2.99. The van der Waals surface area contributed by atoms with Crippen LogP contribution in [0.3, 0.4) is 0 Å². The smallest absolute Gasteiger partial charge is 0.0424 e. The molecule has 0 bridgehead atoms. The zero-order valence-corrected chi connectivity index (χ0v) is 9.22. The Labute approximate surface area is 78.1 Å². The Kier molecular flexibility index (Phi) is 3.54. The van der Waals surface area contributed by atoms with Gasteiger partial charge in [0.05, 0.1) is 0 Å². The molecule has 1 aromatic rings. The Bertz CT molecular complexity index is 306. The Morgan fingerprint density at radius 2 is 1.75 bits per heavy atom. The van der Waals surface area contributed by atoms with E-state index in [0.29, 0.717) is 0 Å². The van der Waals surface area contributed by atoms with Crippen LogP contribution in [-0.4, -0.2) is 0 Å². The highest BCUT2D eigenvalue weighted by atomic mass is 31.1. The monoisotopic (exact) mass is 195 g/mol. The fraction of sp³-hybridized carbons (Fsp3) is 0.111. The van der Waals surface area contributed by atoms with Gasteiger partial charge in [0.1, 0.15) is 0 Å². The third-order valence-corrected chi connectivity index (χ3v) is 2.03. The summed E-state index contributed by atoms with van der Waals surface area (Å²) in [5.41, 5.74) is 2.18. The van der Waals surface area contributed by atoms with E-state index in [9.17, 15) is 0 Å². The lowest BCUT2D eigenvalue weighted by Gasteiger charge is -2.10. The molecule has 0 aliphatic heterocycles. The molecule has 0 N–H and O–H groups in total. The number of hydrogen-bond acceptors (Lipinski definition) is 1. The molecule has 12 heavy (non-hydrogen) atoms. The number of nitrogens with zero attached hydrogens (tertiary/aromatic N) is 1. The molecule has 0 aliphatic carbocycles. The summed E-state index contributed by atoms with van der Waals surface area (Å²) in [5.74, 6) is 5.85. The van der Waals surface area contributed by atoms with E-state index in [-0.39, 0.29) is 0 Å². The minimum atomic E-state index is 1.05. The zero-order valence-electron chi connectivity index (χ0n) is 6.91. The van der Waals surface area contributed by atoms with E-state index in [2.05, 4.69) is 30.6 Å². The van der Waals surface area contributed by atoms with Crippen molar-refractivity contribution in [2.45, 2.75) is 6.92 Å². The third-order valence-electron chi connectivity index (χ3n) is 1.43. The van der Waals surface area contributed by atoms with E-state index in [4.69, 9.17) is 0 Å². The molecular weight excluding hydrogens is 184 g/mol. The minimum absolute atomic E-state index is 1.05. The predicted molar refractivity (Wildman–Crippen MR) is 60.9 cm³/mol. The molecule has 0 aromatic heterocycles. The van der Waals surface area contributed by atoms with Gasteiger partial charge >= 0.3 is 0 Å². The van der Waals surface area contributed by atoms with Crippen LogP contribution in [0.15, 0.2) is 24.3 Å². The first-order valence-corrected chi connectivity index (χ1v) is 4.59. The fourth-order valence-corrected chi connectivity index (χ4v) is 1.21. The van der Waals surface area contributed by atoms with Crippen LogP contribution in [0.5, 0.6) is 0 Å². The molecule has 1 rings (SSSR count). The van der Waals surface area contributed by atoms with E-state index in [1.165, 1.54) is 0 Å². The summed E-state index contributed by atoms with van der Waals surface area (Å²) in [7, 11) is 5.15. The van der Waals surface area contributed by atoms with Crippen LogP contribution in [0, 0.1) is 11.8 Å². The lowest BCUT2D eigenvalue weighted by atomic mass is 10.2. The summed E-state index contributed by atoms with van der Waals surface area (Å²) in [5, 5.41) is 0. The van der Waals surface area contributed by atoms with E-state index in [0.717, 1.165) is 11.3 Å². The first kappa shape index (κ1) is 9.53. The van der Waals surface area contributed by atoms with Crippen molar-refractivity contribution in [1.82, 2.24) is 0 Å². The largest absolute Gasteiger partial charge is 0.341 e. The zero-order chi connectivity index (χ0) is 8.97. The second-order valence-electron chi connectivity index (χ2n) is 2.33. The molecule has 0 saturated heterocycles. The summed E-state index contributed by atoms with van der Waals surface area (Å²) in [4.78, 5) is 0. The van der Waals surface area contributed by atoms with Gasteiger partial charge in [-0.15, -0.1) is 5.92 Å². The van der Waals surface area contributed by atoms with Gasteiger partial charge in [-0.2, -0.15) is 0 Å². The van der Waals surface area contributed by atoms with E-state index >= 15 is 0 Å². The van der Waals surface area contributed by atoms with E-state index < -0.39 is 0 Å². The summed E-state index contributed by atoms with van der Waals surface area (Å²) in [6, 6.07) is 8.07. The number of hydrogen-bond donors (Lipinski definition) is 0. The van der Waals surface area contributed by atoms with Crippen molar-refractivity contribution in [3.05, 3.63) is 29.8 Å². The van der Waals surface area contributed by atoms with Gasteiger partial charge in [-0.1, -0.05) is 5.92 Å². The van der Waals surface area contributed by atoms with Crippen LogP contribution in [0.1, 0.15) is 12.5 Å². The van der Waals surface area contributed by atoms with Crippen LogP contribution < -0.4 is 4.44 Å². The first-order valence-electron chi connectivity index (χ1n) is 3.56. The van der Waals surface area contributed by atoms with Crippen LogP contribution in [-0.2, 0) is 0 Å². The summed E-state index contributed by atoms with van der Waals surface area (Å²) < 4.78 is 1.91. The molecule has 62 valence electrons. The lowest BCUT2D eigenvalue weighted by molar-refractivity contribution is 1.58. The molecule has 0 heterocycles. The van der Waals surface area contributed by atoms with Crippen LogP contribution >= 0.6 is 18.8 Å². The van der Waals surface area contributed by atoms with Gasteiger partial charge in [-0.05, 0) is 50.0 Å². The van der Waals surface area contributed by atoms with Crippen LogP contribution in [0.4, 0.5) is 5.69 Å². The quantitative estimate of drug-likeness (QED) is 0.491. The molecule has 0 fully saturated rings. The van der Waals surface area contributed by atoms with Crippen molar-refractivity contribution in [2.75, 3.05) is 4.44 Å². The molecule has 0 saturated carbocycles. The Hall–Kier alpha value is -0.560. The molecule has 2 atom stereocenters. The minimum Gasteiger partial charge on any atom is -0.341 e. The summed E-state index contributed by atoms with van der Waals surface area (Å²) in [6.45, 7) is 1.84. The van der Waals surface area contributed by atoms with Crippen molar-refractivity contribution >= 4 is 24.5 Å². The number of anilines is 1. The molecule has 3 heteroatoms. The normalized spacial score (nSPS) is 8.58. The fourth-order valence-electron chi connectivity index (χ4n) is 0.861. The SMILES string of the molecule is CC#Cc1ccc(N(P)P)cc1. The van der Waals surface area contributed by atoms with Crippen molar-refractivity contribution in [2.24, 2.45) is 0 Å². The highest BCUT2D eigenvalue weighted by Crippen LogP contribution is 2.21. The highest BCUT2D eigenvalue weighted by Gasteiger charge is 1.92. The maximum atomic E-state index is 2.99. The van der Waals surface area contributed by atoms with Crippen molar-refractivity contribution in [3.63, 3.8) is 0 Å². The van der Waals surface area contributed by atoms with Crippen LogP contribution in [0.25, 0.3) is 0 Å². The van der Waals surface area contributed by atoms with Gasteiger partial charge < -0.3 is 4.44 Å². The molecule has 0 spiro atoms. The first-order chi connectivity index (χ1) is 5.74. The van der Waals surface area contributed by atoms with Gasteiger partial charge in [0.2, 0.25) is 0 Å². The molecule has 0 radical (unpaired) electrons. The van der Waals surface area contributed by atoms with Crippen molar-refractivity contribution < 1.29 is 0 Å². The lowest BCUT2D eigenvalue weighted by Crippen LogP contribution is -1.88. The average molecular weight is 195 g/mol. The molecule has 0 amide bonds. The second-order valence-corrected chi connectivity index (χ2v) is 4.04. The van der Waals surface area contributed by atoms with Gasteiger partial charge in [0.25, 0.3) is 0 Å². The Morgan fingerprint density at radius 1 is 1.17 bits per heavy atom. The third kappa shape index (κ3) is 2.49. The van der Waals surface area contributed by atoms with Gasteiger partial charge in [-0.25, -0.2) is 0 Å². The second kappa shape index (κ2) is 4.46. The average Bonchev–Trinajstić information content (AvgIpc) is 2.06. The summed E-state index contributed by atoms with van der Waals surface area (Å²) in [6.07, 6.45) is 0. The molecular formula is C9H11NP2. The number of rotatable bonds is 1. The van der Waals surface area contributed by atoms with Crippen molar-refractivity contribution in [3.8, 4) is 11.8 Å². The molecule has 2 unspecified atom stereocenters. The van der Waals surface area contributed by atoms with Crippen LogP contribution in [0.2, 0.25) is 0 Å². The number of benzene rings is 1. The van der Waals surface area contributed by atoms with Crippen molar-refractivity contribution in [1.29, 1.82) is 0 Å². The molecule has 1 aromatic carbocycles. The van der Waals surface area contributed by atoms with Gasteiger partial charge in [0, 0.05) is 11.3 Å². The Morgan fingerprint density at radius 3 is 2.17 bits per heavy atom. The molecule has 1 nitrogen and oxygen atoms in total. The maximum Gasteiger partial charge on any atom is 0.0424 e.